The summed E-state index contributed by atoms with van der Waals surface area (Å²) in [6.45, 7) is 21.0. The van der Waals surface area contributed by atoms with Crippen LogP contribution in [0.2, 0.25) is 0 Å². The van der Waals surface area contributed by atoms with Crippen molar-refractivity contribution in [3.05, 3.63) is 112 Å². The fourth-order valence-corrected chi connectivity index (χ4v) is 8.54. The summed E-state index contributed by atoms with van der Waals surface area (Å²) >= 11 is 0. The predicted octanol–water partition coefficient (Wildman–Crippen LogP) is -1.27. The third-order valence-corrected chi connectivity index (χ3v) is 11.2. The molecule has 0 saturated carbocycles. The van der Waals surface area contributed by atoms with Crippen molar-refractivity contribution in [1.29, 1.82) is 0 Å². The average molecular weight is 646 g/mol. The smallest absolute Gasteiger partial charge is 1.00 e. The van der Waals surface area contributed by atoms with E-state index in [0.29, 0.717) is 0 Å². The van der Waals surface area contributed by atoms with Crippen LogP contribution in [0.5, 0.6) is 0 Å². The van der Waals surface area contributed by atoms with Gasteiger partial charge in [0.25, 0.3) is 0 Å². The zero-order chi connectivity index (χ0) is 26.3. The Morgan fingerprint density at radius 3 is 1.38 bits per heavy atom. The summed E-state index contributed by atoms with van der Waals surface area (Å²) in [5.74, 6) is 0. The Bertz CT molecular complexity index is 1280. The Morgan fingerprint density at radius 2 is 1.00 bits per heavy atom. The summed E-state index contributed by atoms with van der Waals surface area (Å²) in [5, 5.41) is 3.04. The quantitative estimate of drug-likeness (QED) is 0.188. The molecule has 0 aliphatic heterocycles. The maximum Gasteiger partial charge on any atom is 4.00 e. The van der Waals surface area contributed by atoms with Crippen LogP contribution < -0.4 is 47.6 Å². The van der Waals surface area contributed by atoms with E-state index >= 15 is 0 Å². The molecule has 0 aliphatic rings. The van der Waals surface area contributed by atoms with Crippen LogP contribution in [-0.4, -0.2) is 8.80 Å². The third-order valence-electron chi connectivity index (χ3n) is 8.02. The fourth-order valence-electron chi connectivity index (χ4n) is 5.40. The molecule has 5 heteroatoms. The van der Waals surface area contributed by atoms with Gasteiger partial charge in [0.1, 0.15) is 0 Å². The molecule has 4 rings (SSSR count). The second kappa shape index (κ2) is 15.3. The van der Waals surface area contributed by atoms with Crippen LogP contribution in [0, 0.1) is 20.8 Å². The van der Waals surface area contributed by atoms with E-state index in [1.54, 1.807) is 5.56 Å². The second-order valence-corrected chi connectivity index (χ2v) is 15.5. The zero-order valence-electron chi connectivity index (χ0n) is 25.4. The van der Waals surface area contributed by atoms with Crippen LogP contribution >= 0.6 is 0 Å². The van der Waals surface area contributed by atoms with E-state index in [1.165, 1.54) is 49.3 Å². The predicted molar refractivity (Wildman–Crippen MR) is 162 cm³/mol. The maximum atomic E-state index is 2.47. The first-order valence-electron chi connectivity index (χ1n) is 13.4. The molecule has 0 spiro atoms. The largest absolute Gasteiger partial charge is 4.00 e. The van der Waals surface area contributed by atoms with Crippen molar-refractivity contribution in [3.8, 4) is 11.1 Å². The number of hydrogen-bond acceptors (Lipinski definition) is 0. The average Bonchev–Trinajstić information content (AvgIpc) is 3.05. The van der Waals surface area contributed by atoms with Crippen molar-refractivity contribution in [3.63, 3.8) is 0 Å². The summed E-state index contributed by atoms with van der Waals surface area (Å²) in [6, 6.07) is 31.0. The molecule has 0 unspecified atom stereocenters. The molecule has 40 heavy (non-hydrogen) atoms. The van der Waals surface area contributed by atoms with Crippen molar-refractivity contribution in [1.82, 2.24) is 0 Å². The molecule has 4 aromatic carbocycles. The van der Waals surface area contributed by atoms with E-state index in [0.717, 1.165) is 6.04 Å². The van der Waals surface area contributed by atoms with Crippen LogP contribution in [0.25, 0.3) is 11.1 Å². The Balaban J connectivity index is 0.00000380. The van der Waals surface area contributed by atoms with Gasteiger partial charge in [0.2, 0.25) is 0 Å². The van der Waals surface area contributed by atoms with Gasteiger partial charge in [-0.05, 0) is 10.8 Å². The van der Waals surface area contributed by atoms with Gasteiger partial charge in [0.15, 0.2) is 0 Å². The van der Waals surface area contributed by atoms with Crippen molar-refractivity contribution < 1.29 is 58.9 Å². The first-order valence-corrected chi connectivity index (χ1v) is 15.4. The van der Waals surface area contributed by atoms with Gasteiger partial charge < -0.3 is 37.2 Å². The van der Waals surface area contributed by atoms with Crippen LogP contribution in [-0.2, 0) is 38.6 Å². The molecule has 4 aromatic rings. The van der Waals surface area contributed by atoms with Gasteiger partial charge in [-0.3, -0.25) is 0 Å². The maximum absolute atomic E-state index is 2.47. The standard InChI is InChI=1S/C35H43Si.3ClH.Ti/c1-24-25(2)32(23-36(30-16-12-10-13-17-30)31-18-14-11-15-19-31)33(26(24)3)27-20-28(34(4,5)6)22-29(21-27)35(7,8)9;;;;/h10-22,36H,23H2,1-9H3;3*1H;/q-1;;;;+4/p-3. The molecule has 0 aliphatic carbocycles. The molecule has 0 aromatic heterocycles. The molecule has 0 saturated heterocycles. The third kappa shape index (κ3) is 8.43. The van der Waals surface area contributed by atoms with E-state index < -0.39 is 8.80 Å². The molecule has 0 nitrogen and oxygen atoms in total. The van der Waals surface area contributed by atoms with Crippen molar-refractivity contribution in [2.24, 2.45) is 0 Å². The molecule has 0 heterocycles. The van der Waals surface area contributed by atoms with Gasteiger partial charge in [-0.1, -0.05) is 174 Å². The summed E-state index contributed by atoms with van der Waals surface area (Å²) in [4.78, 5) is 0. The second-order valence-electron chi connectivity index (χ2n) is 12.6. The van der Waals surface area contributed by atoms with Crippen LogP contribution in [0.3, 0.4) is 0 Å². The van der Waals surface area contributed by atoms with Gasteiger partial charge in [-0.2, -0.15) is 11.1 Å². The van der Waals surface area contributed by atoms with Gasteiger partial charge in [-0.15, -0.1) is 16.7 Å². The summed E-state index contributed by atoms with van der Waals surface area (Å²) in [5.41, 5.74) is 11.9. The van der Waals surface area contributed by atoms with E-state index in [-0.39, 0.29) is 69.8 Å². The minimum Gasteiger partial charge on any atom is -1.00 e. The molecule has 0 amide bonds. The normalized spacial score (nSPS) is 11.2. The molecule has 0 atom stereocenters. The van der Waals surface area contributed by atoms with Gasteiger partial charge in [-0.25, -0.2) is 0 Å². The molecule has 0 bridgehead atoms. The molecule has 0 radical (unpaired) electrons. The first-order chi connectivity index (χ1) is 16.9. The Hall–Kier alpha value is -1.19. The Morgan fingerprint density at radius 1 is 0.600 bits per heavy atom. The first kappa shape index (κ1) is 38.8. The number of benzene rings is 3. The number of halogens is 3. The van der Waals surface area contributed by atoms with Gasteiger partial charge in [0.05, 0.1) is 8.80 Å². The van der Waals surface area contributed by atoms with Gasteiger partial charge in [0, 0.05) is 0 Å². The Labute approximate surface area is 278 Å². The van der Waals surface area contributed by atoms with E-state index in [4.69, 9.17) is 0 Å². The molecule has 0 fully saturated rings. The zero-order valence-corrected chi connectivity index (χ0v) is 30.4. The van der Waals surface area contributed by atoms with Crippen LogP contribution in [0.4, 0.5) is 0 Å². The monoisotopic (exact) mass is 644 g/mol. The number of hydrogen-bond donors (Lipinski definition) is 0. The number of rotatable bonds is 5. The molecule has 0 N–H and O–H groups in total. The SMILES string of the molecule is Cc1c(C)c(-c2cc(C(C)(C)C)cc(C(C)(C)C)c2)[c-](C[SiH](c2ccccc2)c2ccccc2)c1C.[Cl-].[Cl-].[Cl-].[Ti+4]. The van der Waals surface area contributed by atoms with Crippen LogP contribution in [0.15, 0.2) is 78.9 Å². The van der Waals surface area contributed by atoms with Crippen LogP contribution in [0.1, 0.15) is 74.9 Å². The topological polar surface area (TPSA) is 0 Å². The summed E-state index contributed by atoms with van der Waals surface area (Å²) in [6.07, 6.45) is 0. The molecular formula is C35H43Cl3SiTi. The van der Waals surface area contributed by atoms with Crippen molar-refractivity contribution in [2.75, 3.05) is 0 Å². The van der Waals surface area contributed by atoms with Gasteiger partial charge >= 0.3 is 21.7 Å². The fraction of sp³-hybridized carbons (Fsp3) is 0.343. The van der Waals surface area contributed by atoms with E-state index in [2.05, 4.69) is 141 Å². The van der Waals surface area contributed by atoms with Crippen molar-refractivity contribution >= 4 is 19.2 Å². The summed E-state index contributed by atoms with van der Waals surface area (Å²) < 4.78 is 0. The molecule has 212 valence electrons. The Kier molecular flexibility index (Phi) is 14.9. The molecular weight excluding hydrogens is 603 g/mol. The minimum atomic E-state index is -1.46. The minimum absolute atomic E-state index is 0. The van der Waals surface area contributed by atoms with E-state index in [9.17, 15) is 0 Å². The van der Waals surface area contributed by atoms with Crippen molar-refractivity contribution in [2.45, 2.75) is 79.2 Å². The van der Waals surface area contributed by atoms with E-state index in [1.807, 2.05) is 0 Å². The summed E-state index contributed by atoms with van der Waals surface area (Å²) in [7, 11) is -1.46.